The third-order valence-corrected chi connectivity index (χ3v) is 4.83. The van der Waals surface area contributed by atoms with Crippen molar-refractivity contribution in [3.63, 3.8) is 0 Å². The highest BCUT2D eigenvalue weighted by molar-refractivity contribution is 6.56. The Bertz CT molecular complexity index is 557. The lowest BCUT2D eigenvalue weighted by atomic mass is 9.77. The lowest BCUT2D eigenvalue weighted by Gasteiger charge is -2.32. The van der Waals surface area contributed by atoms with Gasteiger partial charge in [-0.1, -0.05) is 35.3 Å². The van der Waals surface area contributed by atoms with Crippen molar-refractivity contribution >= 4 is 36.4 Å². The number of hydrogen-bond donors (Lipinski definition) is 1. The second-order valence-electron chi connectivity index (χ2n) is 6.19. The van der Waals surface area contributed by atoms with Crippen molar-refractivity contribution in [2.75, 3.05) is 6.54 Å². The number of benzene rings is 1. The van der Waals surface area contributed by atoms with Gasteiger partial charge < -0.3 is 15.0 Å². The van der Waals surface area contributed by atoms with E-state index < -0.39 is 7.12 Å². The van der Waals surface area contributed by atoms with Gasteiger partial charge in [0.25, 0.3) is 0 Å². The standard InChI is InChI=1S/C15H20BCl2NO2/c1-14(2)15(3,4)21-16(20-14)11(9-19)7-10-5-6-12(17)13(18)8-10/h5-8H,9,19H2,1-4H3. The first-order chi connectivity index (χ1) is 9.66. The zero-order chi connectivity index (χ0) is 15.8. The fourth-order valence-electron chi connectivity index (χ4n) is 2.03. The van der Waals surface area contributed by atoms with Crippen LogP contribution < -0.4 is 5.73 Å². The van der Waals surface area contributed by atoms with E-state index in [2.05, 4.69) is 0 Å². The van der Waals surface area contributed by atoms with Gasteiger partial charge in [0.2, 0.25) is 0 Å². The predicted molar refractivity (Wildman–Crippen MR) is 89.6 cm³/mol. The third-order valence-electron chi connectivity index (χ3n) is 4.09. The van der Waals surface area contributed by atoms with Crippen LogP contribution >= 0.6 is 23.2 Å². The summed E-state index contributed by atoms with van der Waals surface area (Å²) in [6.45, 7) is 8.40. The molecular weight excluding hydrogens is 308 g/mol. The summed E-state index contributed by atoms with van der Waals surface area (Å²) in [5, 5.41) is 1.04. The van der Waals surface area contributed by atoms with Crippen LogP contribution in [0.15, 0.2) is 23.7 Å². The zero-order valence-corrected chi connectivity index (χ0v) is 14.3. The number of rotatable bonds is 3. The normalized spacial score (nSPS) is 20.9. The molecule has 1 heterocycles. The molecule has 1 aliphatic rings. The lowest BCUT2D eigenvalue weighted by molar-refractivity contribution is 0.00578. The molecule has 0 atom stereocenters. The highest BCUT2D eigenvalue weighted by atomic mass is 35.5. The Labute approximate surface area is 136 Å². The van der Waals surface area contributed by atoms with Gasteiger partial charge in [-0.15, -0.1) is 0 Å². The Morgan fingerprint density at radius 2 is 1.71 bits per heavy atom. The average Bonchev–Trinajstić information content (AvgIpc) is 2.59. The van der Waals surface area contributed by atoms with Crippen LogP contribution in [0.2, 0.25) is 10.0 Å². The Kier molecular flexibility index (Phi) is 4.76. The Morgan fingerprint density at radius 1 is 1.14 bits per heavy atom. The van der Waals surface area contributed by atoms with Crippen molar-refractivity contribution in [2.24, 2.45) is 5.73 Å². The van der Waals surface area contributed by atoms with Crippen molar-refractivity contribution < 1.29 is 9.31 Å². The maximum atomic E-state index is 6.04. The molecule has 21 heavy (non-hydrogen) atoms. The van der Waals surface area contributed by atoms with Crippen LogP contribution in [0.4, 0.5) is 0 Å². The first kappa shape index (κ1) is 16.8. The van der Waals surface area contributed by atoms with E-state index in [0.29, 0.717) is 16.6 Å². The highest BCUT2D eigenvalue weighted by Gasteiger charge is 2.52. The highest BCUT2D eigenvalue weighted by Crippen LogP contribution is 2.38. The molecule has 0 radical (unpaired) electrons. The fraction of sp³-hybridized carbons (Fsp3) is 0.467. The topological polar surface area (TPSA) is 44.5 Å². The largest absolute Gasteiger partial charge is 0.491 e. The van der Waals surface area contributed by atoms with Crippen LogP contribution in [0.5, 0.6) is 0 Å². The van der Waals surface area contributed by atoms with Gasteiger partial charge in [0.1, 0.15) is 0 Å². The van der Waals surface area contributed by atoms with Crippen LogP contribution in [-0.4, -0.2) is 24.9 Å². The van der Waals surface area contributed by atoms with E-state index in [1.807, 2.05) is 39.8 Å². The van der Waals surface area contributed by atoms with Crippen molar-refractivity contribution in [3.05, 3.63) is 39.3 Å². The number of halogens is 2. The van der Waals surface area contributed by atoms with E-state index in [4.69, 9.17) is 38.2 Å². The van der Waals surface area contributed by atoms with Crippen LogP contribution in [0.25, 0.3) is 6.08 Å². The van der Waals surface area contributed by atoms with E-state index in [1.54, 1.807) is 12.1 Å². The van der Waals surface area contributed by atoms with Crippen molar-refractivity contribution in [1.82, 2.24) is 0 Å². The SMILES string of the molecule is CC1(C)OB(C(=Cc2ccc(Cl)c(Cl)c2)CN)OC1(C)C. The minimum Gasteiger partial charge on any atom is -0.400 e. The molecule has 2 rings (SSSR count). The van der Waals surface area contributed by atoms with Gasteiger partial charge in [0.05, 0.1) is 21.2 Å². The average molecular weight is 328 g/mol. The summed E-state index contributed by atoms with van der Waals surface area (Å²) in [5.74, 6) is 0. The van der Waals surface area contributed by atoms with Crippen molar-refractivity contribution in [3.8, 4) is 0 Å². The van der Waals surface area contributed by atoms with Crippen LogP contribution in [-0.2, 0) is 9.31 Å². The van der Waals surface area contributed by atoms with Gasteiger partial charge in [-0.2, -0.15) is 0 Å². The molecule has 1 saturated heterocycles. The third kappa shape index (κ3) is 3.46. The van der Waals surface area contributed by atoms with Crippen LogP contribution in [0.1, 0.15) is 33.3 Å². The van der Waals surface area contributed by atoms with Crippen LogP contribution in [0.3, 0.4) is 0 Å². The predicted octanol–water partition coefficient (Wildman–Crippen LogP) is 3.97. The van der Waals surface area contributed by atoms with E-state index in [9.17, 15) is 0 Å². The molecule has 1 aliphatic heterocycles. The smallest absolute Gasteiger partial charge is 0.400 e. The minimum atomic E-state index is -0.450. The molecule has 2 N–H and O–H groups in total. The Hall–Kier alpha value is -0.515. The summed E-state index contributed by atoms with van der Waals surface area (Å²) >= 11 is 12.0. The quantitative estimate of drug-likeness (QED) is 0.854. The molecule has 0 aliphatic carbocycles. The molecule has 1 aromatic carbocycles. The minimum absolute atomic E-state index is 0.344. The fourth-order valence-corrected chi connectivity index (χ4v) is 2.34. The van der Waals surface area contributed by atoms with Gasteiger partial charge in [0.15, 0.2) is 0 Å². The molecule has 0 amide bonds. The maximum Gasteiger partial charge on any atom is 0.491 e. The molecule has 0 saturated carbocycles. The molecule has 0 spiro atoms. The second-order valence-corrected chi connectivity index (χ2v) is 7.00. The molecule has 1 aromatic rings. The Balaban J connectivity index is 2.28. The molecular formula is C15H20BCl2NO2. The first-order valence-electron chi connectivity index (χ1n) is 6.87. The molecule has 3 nitrogen and oxygen atoms in total. The molecule has 6 heteroatoms. The molecule has 114 valence electrons. The van der Waals surface area contributed by atoms with Gasteiger partial charge in [-0.25, -0.2) is 0 Å². The molecule has 1 fully saturated rings. The lowest BCUT2D eigenvalue weighted by Crippen LogP contribution is -2.41. The van der Waals surface area contributed by atoms with E-state index in [0.717, 1.165) is 11.0 Å². The van der Waals surface area contributed by atoms with Gasteiger partial charge in [-0.05, 0) is 50.9 Å². The van der Waals surface area contributed by atoms with Gasteiger partial charge in [-0.3, -0.25) is 0 Å². The second kappa shape index (κ2) is 5.94. The molecule has 0 bridgehead atoms. The molecule has 0 unspecified atom stereocenters. The number of hydrogen-bond acceptors (Lipinski definition) is 3. The first-order valence-corrected chi connectivity index (χ1v) is 7.63. The molecule has 0 aromatic heterocycles. The van der Waals surface area contributed by atoms with Crippen molar-refractivity contribution in [2.45, 2.75) is 38.9 Å². The maximum absolute atomic E-state index is 6.04. The summed E-state index contributed by atoms with van der Waals surface area (Å²) in [5.41, 5.74) is 6.87. The summed E-state index contributed by atoms with van der Waals surface area (Å²) in [6, 6.07) is 5.44. The van der Waals surface area contributed by atoms with E-state index in [1.165, 1.54) is 0 Å². The zero-order valence-electron chi connectivity index (χ0n) is 12.7. The van der Waals surface area contributed by atoms with Gasteiger partial charge >= 0.3 is 7.12 Å². The van der Waals surface area contributed by atoms with Gasteiger partial charge in [0, 0.05) is 6.54 Å². The summed E-state index contributed by atoms with van der Waals surface area (Å²) < 4.78 is 12.0. The van der Waals surface area contributed by atoms with E-state index >= 15 is 0 Å². The summed E-state index contributed by atoms with van der Waals surface area (Å²) in [7, 11) is -0.450. The monoisotopic (exact) mass is 327 g/mol. The summed E-state index contributed by atoms with van der Waals surface area (Å²) in [4.78, 5) is 0. The number of nitrogens with two attached hydrogens (primary N) is 1. The Morgan fingerprint density at radius 3 is 2.19 bits per heavy atom. The van der Waals surface area contributed by atoms with E-state index in [-0.39, 0.29) is 11.2 Å². The van der Waals surface area contributed by atoms with Crippen LogP contribution in [0, 0.1) is 0 Å². The summed E-state index contributed by atoms with van der Waals surface area (Å²) in [6.07, 6.45) is 1.93. The van der Waals surface area contributed by atoms with Crippen molar-refractivity contribution in [1.29, 1.82) is 0 Å².